The van der Waals surface area contributed by atoms with E-state index < -0.39 is 0 Å². The number of hydrogen-bond acceptors (Lipinski definition) is 6. The third-order valence-electron chi connectivity index (χ3n) is 5.57. The molecule has 0 fully saturated rings. The van der Waals surface area contributed by atoms with Crippen molar-refractivity contribution in [3.05, 3.63) is 77.0 Å². The molecule has 6 nitrogen and oxygen atoms in total. The molecule has 2 heterocycles. The van der Waals surface area contributed by atoms with Gasteiger partial charge in [0.05, 0.1) is 34.5 Å². The van der Waals surface area contributed by atoms with Gasteiger partial charge in [0, 0.05) is 17.8 Å². The zero-order valence-corrected chi connectivity index (χ0v) is 17.6. The van der Waals surface area contributed by atoms with Crippen LogP contribution < -0.4 is 24.3 Å². The molecule has 0 radical (unpaired) electrons. The number of pyridine rings is 1. The van der Waals surface area contributed by atoms with Gasteiger partial charge in [0.2, 0.25) is 5.88 Å². The topological polar surface area (TPSA) is 61.8 Å². The van der Waals surface area contributed by atoms with Gasteiger partial charge >= 0.3 is 0 Å². The quantitative estimate of drug-likeness (QED) is 0.665. The summed E-state index contributed by atoms with van der Waals surface area (Å²) in [6.07, 6.45) is 2.53. The van der Waals surface area contributed by atoms with E-state index >= 15 is 0 Å². The number of ether oxygens (including phenoxy) is 4. The largest absolute Gasteiger partial charge is 0.497 e. The molecule has 0 amide bonds. The first-order valence-corrected chi connectivity index (χ1v) is 9.82. The van der Waals surface area contributed by atoms with Gasteiger partial charge in [-0.25, -0.2) is 4.98 Å². The van der Waals surface area contributed by atoms with Crippen LogP contribution in [0, 0.1) is 0 Å². The summed E-state index contributed by atoms with van der Waals surface area (Å²) in [5.41, 5.74) is 4.52. The van der Waals surface area contributed by atoms with Crippen molar-refractivity contribution in [2.24, 2.45) is 0 Å². The first-order chi connectivity index (χ1) is 14.7. The molecule has 0 saturated carbocycles. The van der Waals surface area contributed by atoms with Crippen LogP contribution in [-0.4, -0.2) is 33.4 Å². The standard InChI is InChI=1S/C24H26N2O4/c1-27-17-9-7-15(8-10-17)23-19-14-22(29-3)21(28-2)13-16(19)12-20(26-23)18-6-5-11-25-24(18)30-4/h5-11,13-14,20,23,26H,12H2,1-4H3/t20-,23-/m1/s1. The molecule has 1 aliphatic heterocycles. The maximum atomic E-state index is 5.57. The zero-order valence-electron chi connectivity index (χ0n) is 17.6. The second-order valence-electron chi connectivity index (χ2n) is 7.14. The molecule has 0 aliphatic carbocycles. The van der Waals surface area contributed by atoms with Gasteiger partial charge in [0.25, 0.3) is 0 Å². The molecule has 4 rings (SSSR count). The Bertz CT molecular complexity index is 1020. The lowest BCUT2D eigenvalue weighted by Crippen LogP contribution is -2.34. The Morgan fingerprint density at radius 3 is 2.23 bits per heavy atom. The van der Waals surface area contributed by atoms with E-state index in [0.717, 1.165) is 34.6 Å². The summed E-state index contributed by atoms with van der Waals surface area (Å²) >= 11 is 0. The summed E-state index contributed by atoms with van der Waals surface area (Å²) in [7, 11) is 6.64. The minimum absolute atomic E-state index is 0.0330. The SMILES string of the molecule is COc1ccc([C@H]2N[C@@H](c3cccnc3OC)Cc3cc(OC)c(OC)cc32)cc1. The molecule has 6 heteroatoms. The van der Waals surface area contributed by atoms with Gasteiger partial charge in [-0.05, 0) is 53.4 Å². The van der Waals surface area contributed by atoms with Crippen LogP contribution in [0.5, 0.6) is 23.1 Å². The molecule has 30 heavy (non-hydrogen) atoms. The van der Waals surface area contributed by atoms with E-state index in [9.17, 15) is 0 Å². The lowest BCUT2D eigenvalue weighted by molar-refractivity contribution is 0.349. The summed E-state index contributed by atoms with van der Waals surface area (Å²) < 4.78 is 22.0. The number of nitrogens with one attached hydrogen (secondary N) is 1. The average Bonchev–Trinajstić information content (AvgIpc) is 2.82. The van der Waals surface area contributed by atoms with Gasteiger partial charge in [-0.3, -0.25) is 5.32 Å². The number of rotatable bonds is 6. The summed E-state index contributed by atoms with van der Waals surface area (Å²) in [6, 6.07) is 16.2. The van der Waals surface area contributed by atoms with E-state index in [0.29, 0.717) is 11.6 Å². The van der Waals surface area contributed by atoms with Gasteiger partial charge in [-0.2, -0.15) is 0 Å². The van der Waals surface area contributed by atoms with Crippen LogP contribution in [0.2, 0.25) is 0 Å². The van der Waals surface area contributed by atoms with Gasteiger partial charge in [0.1, 0.15) is 5.75 Å². The number of nitrogens with zero attached hydrogens (tertiary/aromatic N) is 1. The average molecular weight is 406 g/mol. The number of methoxy groups -OCH3 is 4. The van der Waals surface area contributed by atoms with Crippen molar-refractivity contribution in [1.82, 2.24) is 10.3 Å². The van der Waals surface area contributed by atoms with Crippen molar-refractivity contribution >= 4 is 0 Å². The molecule has 0 bridgehead atoms. The highest BCUT2D eigenvalue weighted by atomic mass is 16.5. The molecular weight excluding hydrogens is 380 g/mol. The number of aromatic nitrogens is 1. The third-order valence-corrected chi connectivity index (χ3v) is 5.57. The van der Waals surface area contributed by atoms with Crippen molar-refractivity contribution in [1.29, 1.82) is 0 Å². The highest BCUT2D eigenvalue weighted by Gasteiger charge is 2.31. The van der Waals surface area contributed by atoms with E-state index in [1.165, 1.54) is 5.56 Å². The Morgan fingerprint density at radius 1 is 0.833 bits per heavy atom. The van der Waals surface area contributed by atoms with E-state index in [-0.39, 0.29) is 12.1 Å². The van der Waals surface area contributed by atoms with Crippen LogP contribution in [-0.2, 0) is 6.42 Å². The van der Waals surface area contributed by atoms with Crippen molar-refractivity contribution < 1.29 is 18.9 Å². The molecule has 3 aromatic rings. The predicted molar refractivity (Wildman–Crippen MR) is 115 cm³/mol. The third kappa shape index (κ3) is 3.66. The van der Waals surface area contributed by atoms with Gasteiger partial charge in [0.15, 0.2) is 11.5 Å². The van der Waals surface area contributed by atoms with Crippen LogP contribution in [0.3, 0.4) is 0 Å². The fourth-order valence-electron chi connectivity index (χ4n) is 4.06. The molecule has 2 aromatic carbocycles. The Hall–Kier alpha value is -3.25. The molecule has 1 aliphatic rings. The monoisotopic (exact) mass is 406 g/mol. The summed E-state index contributed by atoms with van der Waals surface area (Å²) in [4.78, 5) is 4.39. The first kappa shape index (κ1) is 20.0. The predicted octanol–water partition coefficient (Wildman–Crippen LogP) is 4.09. The molecule has 0 unspecified atom stereocenters. The molecule has 2 atom stereocenters. The highest BCUT2D eigenvalue weighted by Crippen LogP contribution is 2.42. The fourth-order valence-corrected chi connectivity index (χ4v) is 4.06. The first-order valence-electron chi connectivity index (χ1n) is 9.82. The molecule has 156 valence electrons. The van der Waals surface area contributed by atoms with E-state index in [4.69, 9.17) is 18.9 Å². The van der Waals surface area contributed by atoms with Crippen molar-refractivity contribution in [3.8, 4) is 23.1 Å². The smallest absolute Gasteiger partial charge is 0.217 e. The van der Waals surface area contributed by atoms with Crippen LogP contribution in [0.15, 0.2) is 54.7 Å². The van der Waals surface area contributed by atoms with E-state index in [2.05, 4.69) is 40.6 Å². The normalized spacial score (nSPS) is 17.7. The number of hydrogen-bond donors (Lipinski definition) is 1. The van der Waals surface area contributed by atoms with Crippen LogP contribution in [0.4, 0.5) is 0 Å². The molecule has 1 N–H and O–H groups in total. The Morgan fingerprint density at radius 2 is 1.57 bits per heavy atom. The number of fused-ring (bicyclic) bond motifs is 1. The lowest BCUT2D eigenvalue weighted by Gasteiger charge is -2.35. The van der Waals surface area contributed by atoms with Crippen molar-refractivity contribution in [2.75, 3.05) is 28.4 Å². The minimum atomic E-state index is -0.0330. The maximum Gasteiger partial charge on any atom is 0.217 e. The molecule has 0 spiro atoms. The second-order valence-corrected chi connectivity index (χ2v) is 7.14. The molecule has 0 saturated heterocycles. The Labute approximate surface area is 176 Å². The summed E-state index contributed by atoms with van der Waals surface area (Å²) in [5, 5.41) is 3.79. The van der Waals surface area contributed by atoms with Gasteiger partial charge in [-0.15, -0.1) is 0 Å². The van der Waals surface area contributed by atoms with E-state index in [1.54, 1.807) is 34.6 Å². The van der Waals surface area contributed by atoms with Gasteiger partial charge in [-0.1, -0.05) is 18.2 Å². The highest BCUT2D eigenvalue weighted by molar-refractivity contribution is 5.53. The van der Waals surface area contributed by atoms with E-state index in [1.807, 2.05) is 18.2 Å². The number of benzene rings is 2. The van der Waals surface area contributed by atoms with Crippen molar-refractivity contribution in [2.45, 2.75) is 18.5 Å². The minimum Gasteiger partial charge on any atom is -0.497 e. The molecular formula is C24H26N2O4. The van der Waals surface area contributed by atoms with Crippen LogP contribution in [0.1, 0.15) is 34.3 Å². The van der Waals surface area contributed by atoms with Crippen LogP contribution in [0.25, 0.3) is 0 Å². The second kappa shape index (κ2) is 8.63. The zero-order chi connectivity index (χ0) is 21.1. The maximum absolute atomic E-state index is 5.57. The van der Waals surface area contributed by atoms with Gasteiger partial charge < -0.3 is 18.9 Å². The summed E-state index contributed by atoms with van der Waals surface area (Å²) in [6.45, 7) is 0. The Balaban J connectivity index is 1.83. The van der Waals surface area contributed by atoms with Crippen LogP contribution >= 0.6 is 0 Å². The molecule has 1 aromatic heterocycles. The fraction of sp³-hybridized carbons (Fsp3) is 0.292. The Kier molecular flexibility index (Phi) is 5.77. The lowest BCUT2D eigenvalue weighted by atomic mass is 9.84. The summed E-state index contributed by atoms with van der Waals surface area (Å²) in [5.74, 6) is 2.90. The van der Waals surface area contributed by atoms with Crippen molar-refractivity contribution in [3.63, 3.8) is 0 Å².